The standard InChI is InChI=1S/C30H35F3N8O/c1-3-28-9-6-19(39-28)15-40(16-28)26-20-14-35-22(25-24(30(31,32)33)18(2)12-23(34)37-25)13-21(20)36-27(38-26)42-17-29-7-4-10-41(29)11-5-8-29/h3,12-14,19,39H,1,4-11,15-17H2,2H3,(H2,34,37). The fourth-order valence-corrected chi connectivity index (χ4v) is 7.63. The first-order chi connectivity index (χ1) is 20.1. The number of nitrogen functional groups attached to an aromatic ring is 1. The van der Waals surface area contributed by atoms with Crippen LogP contribution < -0.4 is 20.7 Å². The monoisotopic (exact) mass is 580 g/mol. The molecule has 2 atom stereocenters. The number of aryl methyl sites for hydroxylation is 1. The van der Waals surface area contributed by atoms with Gasteiger partial charge in [-0.1, -0.05) is 6.08 Å². The first-order valence-electron chi connectivity index (χ1n) is 14.6. The molecule has 7 heterocycles. The second kappa shape index (κ2) is 9.77. The van der Waals surface area contributed by atoms with Crippen molar-refractivity contribution in [2.24, 2.45) is 0 Å². The van der Waals surface area contributed by atoms with Gasteiger partial charge in [0.1, 0.15) is 23.9 Å². The normalized spacial score (nSPS) is 25.2. The van der Waals surface area contributed by atoms with Gasteiger partial charge in [0.15, 0.2) is 0 Å². The molecule has 2 unspecified atom stereocenters. The van der Waals surface area contributed by atoms with E-state index in [1.165, 1.54) is 13.0 Å². The summed E-state index contributed by atoms with van der Waals surface area (Å²) in [6.07, 6.45) is 5.31. The topological polar surface area (TPSA) is 105 Å². The van der Waals surface area contributed by atoms with E-state index in [0.717, 1.165) is 58.2 Å². The third-order valence-electron chi connectivity index (χ3n) is 9.62. The quantitative estimate of drug-likeness (QED) is 0.408. The number of alkyl halides is 3. The van der Waals surface area contributed by atoms with Gasteiger partial charge in [-0.25, -0.2) is 4.98 Å². The van der Waals surface area contributed by atoms with Crippen LogP contribution in [0.15, 0.2) is 31.0 Å². The molecule has 4 fully saturated rings. The molecule has 2 bridgehead atoms. The zero-order valence-electron chi connectivity index (χ0n) is 23.7. The predicted molar refractivity (Wildman–Crippen MR) is 154 cm³/mol. The molecule has 42 heavy (non-hydrogen) atoms. The summed E-state index contributed by atoms with van der Waals surface area (Å²) in [5.41, 5.74) is 4.95. The van der Waals surface area contributed by atoms with Gasteiger partial charge in [-0.05, 0) is 76.2 Å². The highest BCUT2D eigenvalue weighted by atomic mass is 19.4. The lowest BCUT2D eigenvalue weighted by atomic mass is 9.95. The number of pyridine rings is 2. The molecule has 12 heteroatoms. The van der Waals surface area contributed by atoms with Crippen molar-refractivity contribution in [2.75, 3.05) is 43.4 Å². The summed E-state index contributed by atoms with van der Waals surface area (Å²) >= 11 is 0. The zero-order chi connectivity index (χ0) is 29.3. The number of nitrogens with two attached hydrogens (primary N) is 1. The van der Waals surface area contributed by atoms with E-state index >= 15 is 0 Å². The second-order valence-corrected chi connectivity index (χ2v) is 12.3. The van der Waals surface area contributed by atoms with Crippen molar-refractivity contribution in [3.8, 4) is 17.4 Å². The minimum Gasteiger partial charge on any atom is -0.461 e. The predicted octanol–water partition coefficient (Wildman–Crippen LogP) is 4.50. The Bertz CT molecular complexity index is 1550. The number of anilines is 2. The Morgan fingerprint density at radius 3 is 2.69 bits per heavy atom. The summed E-state index contributed by atoms with van der Waals surface area (Å²) in [4.78, 5) is 22.9. The fraction of sp³-hybridized carbons (Fsp3) is 0.533. The van der Waals surface area contributed by atoms with Crippen molar-refractivity contribution in [1.82, 2.24) is 30.2 Å². The van der Waals surface area contributed by atoms with Gasteiger partial charge in [0.05, 0.1) is 33.2 Å². The van der Waals surface area contributed by atoms with Gasteiger partial charge in [-0.3, -0.25) is 9.88 Å². The van der Waals surface area contributed by atoms with Crippen molar-refractivity contribution < 1.29 is 17.9 Å². The second-order valence-electron chi connectivity index (χ2n) is 12.3. The Kier molecular flexibility index (Phi) is 6.36. The van der Waals surface area contributed by atoms with E-state index in [-0.39, 0.29) is 45.9 Å². The van der Waals surface area contributed by atoms with Crippen molar-refractivity contribution in [3.05, 3.63) is 42.1 Å². The number of halogens is 3. The highest BCUT2D eigenvalue weighted by molar-refractivity contribution is 5.91. The number of nitrogens with one attached hydrogen (secondary N) is 1. The summed E-state index contributed by atoms with van der Waals surface area (Å²) < 4.78 is 48.8. The van der Waals surface area contributed by atoms with E-state index in [1.54, 1.807) is 12.3 Å². The number of hydrogen-bond acceptors (Lipinski definition) is 9. The van der Waals surface area contributed by atoms with Crippen LogP contribution in [-0.4, -0.2) is 74.7 Å². The third-order valence-corrected chi connectivity index (χ3v) is 9.62. The zero-order valence-corrected chi connectivity index (χ0v) is 23.7. The average Bonchev–Trinajstić information content (AvgIpc) is 3.62. The van der Waals surface area contributed by atoms with Crippen molar-refractivity contribution in [2.45, 2.75) is 68.7 Å². The van der Waals surface area contributed by atoms with Crippen molar-refractivity contribution >= 4 is 22.5 Å². The Labute approximate surface area is 242 Å². The van der Waals surface area contributed by atoms with Crippen LogP contribution in [0.25, 0.3) is 22.3 Å². The Morgan fingerprint density at radius 2 is 1.95 bits per heavy atom. The maximum atomic E-state index is 14.1. The Balaban J connectivity index is 1.33. The van der Waals surface area contributed by atoms with Gasteiger partial charge in [-0.2, -0.15) is 23.1 Å². The molecule has 0 spiro atoms. The number of ether oxygens (including phenoxy) is 1. The molecule has 9 nitrogen and oxygen atoms in total. The average molecular weight is 581 g/mol. The number of aromatic nitrogens is 4. The van der Waals surface area contributed by atoms with Crippen molar-refractivity contribution in [3.63, 3.8) is 0 Å². The van der Waals surface area contributed by atoms with Gasteiger partial charge in [-0.15, -0.1) is 6.58 Å². The van der Waals surface area contributed by atoms with Gasteiger partial charge in [0, 0.05) is 25.3 Å². The molecule has 0 radical (unpaired) electrons. The molecule has 0 amide bonds. The Morgan fingerprint density at radius 1 is 1.17 bits per heavy atom. The maximum absolute atomic E-state index is 14.1. The first kappa shape index (κ1) is 27.3. The van der Waals surface area contributed by atoms with Crippen LogP contribution >= 0.6 is 0 Å². The molecule has 222 valence electrons. The number of piperazine rings is 1. The fourth-order valence-electron chi connectivity index (χ4n) is 7.63. The van der Waals surface area contributed by atoms with Gasteiger partial charge in [0.25, 0.3) is 0 Å². The number of rotatable bonds is 6. The lowest BCUT2D eigenvalue weighted by Crippen LogP contribution is -2.58. The van der Waals surface area contributed by atoms with Gasteiger partial charge < -0.3 is 20.7 Å². The summed E-state index contributed by atoms with van der Waals surface area (Å²) in [7, 11) is 0. The summed E-state index contributed by atoms with van der Waals surface area (Å²) in [5, 5.41) is 4.32. The van der Waals surface area contributed by atoms with Crippen LogP contribution in [0, 0.1) is 6.92 Å². The summed E-state index contributed by atoms with van der Waals surface area (Å²) in [6.45, 7) is 9.47. The summed E-state index contributed by atoms with van der Waals surface area (Å²) in [5.74, 6) is 0.654. The number of fused-ring (bicyclic) bond motifs is 4. The van der Waals surface area contributed by atoms with Crippen LogP contribution in [0.5, 0.6) is 6.01 Å². The van der Waals surface area contributed by atoms with Crippen LogP contribution in [0.1, 0.15) is 49.7 Å². The molecule has 3 aromatic heterocycles. The SMILES string of the molecule is C=CC12CCC(CN(c3nc(OCC45CCCN4CCC5)nc4cc(-c5nc(N)cc(C)c5C(F)(F)F)ncc34)C1)N2. The lowest BCUT2D eigenvalue weighted by molar-refractivity contribution is -0.137. The van der Waals surface area contributed by atoms with Crippen LogP contribution in [0.2, 0.25) is 0 Å². The van der Waals surface area contributed by atoms with Gasteiger partial charge >= 0.3 is 12.2 Å². The van der Waals surface area contributed by atoms with Crippen molar-refractivity contribution in [1.29, 1.82) is 0 Å². The Hall–Kier alpha value is -3.51. The summed E-state index contributed by atoms with van der Waals surface area (Å²) in [6, 6.07) is 3.26. The molecule has 3 aromatic rings. The molecule has 4 aliphatic rings. The molecular formula is C30H35F3N8O. The molecular weight excluding hydrogens is 545 g/mol. The van der Waals surface area contributed by atoms with Crippen LogP contribution in [0.4, 0.5) is 24.8 Å². The van der Waals surface area contributed by atoms with E-state index in [9.17, 15) is 13.2 Å². The molecule has 3 N–H and O–H groups in total. The highest BCUT2D eigenvalue weighted by Crippen LogP contribution is 2.42. The molecule has 0 saturated carbocycles. The van der Waals surface area contributed by atoms with Gasteiger partial charge in [0.2, 0.25) is 0 Å². The number of hydrogen-bond donors (Lipinski definition) is 2. The number of nitrogens with zero attached hydrogens (tertiary/aromatic N) is 6. The molecule has 4 saturated heterocycles. The van der Waals surface area contributed by atoms with Crippen LogP contribution in [-0.2, 0) is 6.18 Å². The maximum Gasteiger partial charge on any atom is 0.418 e. The molecule has 7 rings (SSSR count). The van der Waals surface area contributed by atoms with E-state index in [0.29, 0.717) is 29.9 Å². The van der Waals surface area contributed by atoms with E-state index < -0.39 is 11.7 Å². The first-order valence-corrected chi connectivity index (χ1v) is 14.6. The minimum absolute atomic E-state index is 0.00639. The lowest BCUT2D eigenvalue weighted by Gasteiger charge is -2.40. The smallest absolute Gasteiger partial charge is 0.418 e. The molecule has 0 aliphatic carbocycles. The minimum atomic E-state index is -4.63. The highest BCUT2D eigenvalue weighted by Gasteiger charge is 2.46. The third kappa shape index (κ3) is 4.55. The largest absolute Gasteiger partial charge is 0.461 e. The van der Waals surface area contributed by atoms with E-state index in [2.05, 4.69) is 31.7 Å². The molecule has 0 aromatic carbocycles. The molecule has 4 aliphatic heterocycles. The van der Waals surface area contributed by atoms with E-state index in [4.69, 9.17) is 20.4 Å². The van der Waals surface area contributed by atoms with E-state index in [1.807, 2.05) is 6.08 Å². The van der Waals surface area contributed by atoms with Crippen LogP contribution in [0.3, 0.4) is 0 Å².